The molecular formula is C13H12F3N. The molecule has 17 heavy (non-hydrogen) atoms. The van der Waals surface area contributed by atoms with Gasteiger partial charge in [-0.1, -0.05) is 18.2 Å². The molecule has 2 aromatic rings. The third kappa shape index (κ3) is 2.07. The Morgan fingerprint density at radius 2 is 1.65 bits per heavy atom. The summed E-state index contributed by atoms with van der Waals surface area (Å²) in [6.45, 7) is 1.86. The predicted molar refractivity (Wildman–Crippen MR) is 60.6 cm³/mol. The first-order valence-electron chi connectivity index (χ1n) is 5.20. The number of rotatable bonds is 1. The lowest BCUT2D eigenvalue weighted by atomic mass is 10.0. The second-order valence-corrected chi connectivity index (χ2v) is 3.96. The van der Waals surface area contributed by atoms with Crippen LogP contribution in [0.5, 0.6) is 0 Å². The van der Waals surface area contributed by atoms with E-state index in [0.29, 0.717) is 5.69 Å². The Morgan fingerprint density at radius 3 is 2.18 bits per heavy atom. The fourth-order valence-corrected chi connectivity index (χ4v) is 1.84. The third-order valence-electron chi connectivity index (χ3n) is 2.88. The van der Waals surface area contributed by atoms with E-state index in [2.05, 4.69) is 0 Å². The predicted octanol–water partition coefficient (Wildman–Crippen LogP) is 4.02. The van der Waals surface area contributed by atoms with Crippen molar-refractivity contribution in [1.29, 1.82) is 0 Å². The number of halogens is 3. The van der Waals surface area contributed by atoms with E-state index in [1.54, 1.807) is 23.7 Å². The molecule has 1 nitrogen and oxygen atoms in total. The second-order valence-electron chi connectivity index (χ2n) is 3.96. The number of benzene rings is 1. The average molecular weight is 239 g/mol. The molecule has 1 heterocycles. The molecule has 0 saturated carbocycles. The van der Waals surface area contributed by atoms with Crippen LogP contribution < -0.4 is 0 Å². The van der Waals surface area contributed by atoms with Crippen LogP contribution in [0.4, 0.5) is 13.2 Å². The molecule has 0 N–H and O–H groups in total. The monoisotopic (exact) mass is 239 g/mol. The number of nitrogens with zero attached hydrogens (tertiary/aromatic N) is 1. The van der Waals surface area contributed by atoms with Crippen LogP contribution in [-0.2, 0) is 13.2 Å². The summed E-state index contributed by atoms with van der Waals surface area (Å²) in [6, 6.07) is 9.15. The van der Waals surface area contributed by atoms with Crippen molar-refractivity contribution in [3.8, 4) is 11.3 Å². The van der Waals surface area contributed by atoms with Gasteiger partial charge in [0.05, 0.1) is 5.56 Å². The van der Waals surface area contributed by atoms with Crippen LogP contribution in [0, 0.1) is 6.92 Å². The van der Waals surface area contributed by atoms with Crippen LogP contribution in [-0.4, -0.2) is 4.57 Å². The molecule has 1 aromatic carbocycles. The Kier molecular flexibility index (Phi) is 2.73. The van der Waals surface area contributed by atoms with Gasteiger partial charge in [0.1, 0.15) is 0 Å². The highest BCUT2D eigenvalue weighted by Gasteiger charge is 2.33. The van der Waals surface area contributed by atoms with Gasteiger partial charge in [0, 0.05) is 24.0 Å². The minimum Gasteiger partial charge on any atom is -0.348 e. The van der Waals surface area contributed by atoms with Gasteiger partial charge in [0.2, 0.25) is 0 Å². The molecule has 90 valence electrons. The first-order chi connectivity index (χ1) is 7.91. The Hall–Kier alpha value is -1.71. The number of aryl methyl sites for hydroxylation is 1. The first-order valence-corrected chi connectivity index (χ1v) is 5.20. The number of alkyl halides is 3. The van der Waals surface area contributed by atoms with Gasteiger partial charge in [-0.3, -0.25) is 0 Å². The summed E-state index contributed by atoms with van der Waals surface area (Å²) < 4.78 is 40.3. The third-order valence-corrected chi connectivity index (χ3v) is 2.88. The highest BCUT2D eigenvalue weighted by molar-refractivity contribution is 5.65. The van der Waals surface area contributed by atoms with E-state index in [4.69, 9.17) is 0 Å². The van der Waals surface area contributed by atoms with E-state index in [9.17, 15) is 13.2 Å². The fraction of sp³-hybridized carbons (Fsp3) is 0.231. The summed E-state index contributed by atoms with van der Waals surface area (Å²) in [6.07, 6.45) is -4.32. The number of aromatic nitrogens is 1. The maximum atomic E-state index is 12.9. The van der Waals surface area contributed by atoms with E-state index in [1.807, 2.05) is 13.0 Å². The minimum absolute atomic E-state index is 0.218. The largest absolute Gasteiger partial charge is 0.417 e. The zero-order chi connectivity index (χ0) is 12.6. The van der Waals surface area contributed by atoms with Crippen molar-refractivity contribution in [3.05, 3.63) is 47.7 Å². The molecule has 2 rings (SSSR count). The lowest BCUT2D eigenvalue weighted by molar-refractivity contribution is -0.137. The van der Waals surface area contributed by atoms with Crippen LogP contribution >= 0.6 is 0 Å². The Balaban J connectivity index is 2.64. The molecule has 0 fully saturated rings. The Labute approximate surface area is 97.5 Å². The molecule has 0 unspecified atom stereocenters. The SMILES string of the molecule is Cc1ccc(-c2ccccc2C(F)(F)F)n1C. The summed E-state index contributed by atoms with van der Waals surface area (Å²) in [5, 5.41) is 0. The van der Waals surface area contributed by atoms with Crippen molar-refractivity contribution in [3.63, 3.8) is 0 Å². The Morgan fingerprint density at radius 1 is 1.00 bits per heavy atom. The number of hydrogen-bond donors (Lipinski definition) is 0. The summed E-state index contributed by atoms with van der Waals surface area (Å²) in [4.78, 5) is 0. The van der Waals surface area contributed by atoms with Gasteiger partial charge < -0.3 is 4.57 Å². The van der Waals surface area contributed by atoms with Crippen molar-refractivity contribution in [2.45, 2.75) is 13.1 Å². The summed E-state index contributed by atoms with van der Waals surface area (Å²) in [7, 11) is 1.76. The van der Waals surface area contributed by atoms with Crippen molar-refractivity contribution >= 4 is 0 Å². The van der Waals surface area contributed by atoms with E-state index >= 15 is 0 Å². The van der Waals surface area contributed by atoms with Gasteiger partial charge in [-0.05, 0) is 25.1 Å². The highest BCUT2D eigenvalue weighted by atomic mass is 19.4. The van der Waals surface area contributed by atoms with Crippen molar-refractivity contribution in [2.75, 3.05) is 0 Å². The normalized spacial score (nSPS) is 11.8. The van der Waals surface area contributed by atoms with Gasteiger partial charge in [-0.15, -0.1) is 0 Å². The molecule has 0 aliphatic carbocycles. The lowest BCUT2D eigenvalue weighted by Gasteiger charge is -2.13. The molecule has 0 amide bonds. The fourth-order valence-electron chi connectivity index (χ4n) is 1.84. The summed E-state index contributed by atoms with van der Waals surface area (Å²) >= 11 is 0. The van der Waals surface area contributed by atoms with Gasteiger partial charge in [0.15, 0.2) is 0 Å². The number of hydrogen-bond acceptors (Lipinski definition) is 0. The Bertz CT molecular complexity index is 538. The molecule has 0 aliphatic rings. The summed E-state index contributed by atoms with van der Waals surface area (Å²) in [5.74, 6) is 0. The van der Waals surface area contributed by atoms with Crippen LogP contribution in [0.3, 0.4) is 0 Å². The molecule has 0 saturated heterocycles. The molecule has 1 aromatic heterocycles. The van der Waals surface area contributed by atoms with Gasteiger partial charge in [-0.25, -0.2) is 0 Å². The van der Waals surface area contributed by atoms with Crippen molar-refractivity contribution in [1.82, 2.24) is 4.57 Å². The molecule has 0 atom stereocenters. The minimum atomic E-state index is -4.32. The van der Waals surface area contributed by atoms with Crippen molar-refractivity contribution in [2.24, 2.45) is 7.05 Å². The highest BCUT2D eigenvalue weighted by Crippen LogP contribution is 2.37. The molecule has 0 spiro atoms. The lowest BCUT2D eigenvalue weighted by Crippen LogP contribution is -2.08. The van der Waals surface area contributed by atoms with Crippen LogP contribution in [0.25, 0.3) is 11.3 Å². The second kappa shape index (κ2) is 3.95. The molecular weight excluding hydrogens is 227 g/mol. The van der Waals surface area contributed by atoms with Gasteiger partial charge >= 0.3 is 6.18 Å². The van der Waals surface area contributed by atoms with Crippen molar-refractivity contribution < 1.29 is 13.2 Å². The summed E-state index contributed by atoms with van der Waals surface area (Å²) in [5.41, 5.74) is 1.13. The van der Waals surface area contributed by atoms with Crippen LogP contribution in [0.1, 0.15) is 11.3 Å². The van der Waals surface area contributed by atoms with Crippen LogP contribution in [0.2, 0.25) is 0 Å². The first kappa shape index (κ1) is 11.8. The van der Waals surface area contributed by atoms with E-state index in [0.717, 1.165) is 11.8 Å². The van der Waals surface area contributed by atoms with E-state index < -0.39 is 11.7 Å². The molecule has 4 heteroatoms. The zero-order valence-electron chi connectivity index (χ0n) is 9.55. The van der Waals surface area contributed by atoms with Gasteiger partial charge in [-0.2, -0.15) is 13.2 Å². The quantitative estimate of drug-likeness (QED) is 0.708. The van der Waals surface area contributed by atoms with E-state index in [1.165, 1.54) is 12.1 Å². The average Bonchev–Trinajstić information content (AvgIpc) is 2.59. The standard InChI is InChI=1S/C13H12F3N/c1-9-7-8-12(17(9)2)10-5-3-4-6-11(10)13(14,15)16/h3-8H,1-2H3. The smallest absolute Gasteiger partial charge is 0.348 e. The molecule has 0 aliphatic heterocycles. The molecule has 0 radical (unpaired) electrons. The topological polar surface area (TPSA) is 4.93 Å². The van der Waals surface area contributed by atoms with E-state index in [-0.39, 0.29) is 5.56 Å². The van der Waals surface area contributed by atoms with Crippen LogP contribution in [0.15, 0.2) is 36.4 Å². The zero-order valence-corrected chi connectivity index (χ0v) is 9.55. The van der Waals surface area contributed by atoms with Gasteiger partial charge in [0.25, 0.3) is 0 Å². The maximum Gasteiger partial charge on any atom is 0.417 e. The molecule has 0 bridgehead atoms. The maximum absolute atomic E-state index is 12.9.